The molecule has 0 saturated carbocycles. The van der Waals surface area contributed by atoms with Crippen LogP contribution in [0.15, 0.2) is 30.7 Å². The van der Waals surface area contributed by atoms with Crippen LogP contribution in [0.5, 0.6) is 0 Å². The van der Waals surface area contributed by atoms with Crippen molar-refractivity contribution in [1.29, 1.82) is 0 Å². The van der Waals surface area contributed by atoms with E-state index in [0.29, 0.717) is 22.4 Å². The highest BCUT2D eigenvalue weighted by Crippen LogP contribution is 2.20. The number of nitrogens with zero attached hydrogens (tertiary/aromatic N) is 5. The van der Waals surface area contributed by atoms with Crippen LogP contribution in [0.25, 0.3) is 5.82 Å². The molecule has 0 fully saturated rings. The zero-order valence-corrected chi connectivity index (χ0v) is 14.0. The molecule has 0 aliphatic heterocycles. The van der Waals surface area contributed by atoms with Crippen molar-refractivity contribution in [3.8, 4) is 5.82 Å². The van der Waals surface area contributed by atoms with E-state index in [2.05, 4.69) is 34.5 Å². The van der Waals surface area contributed by atoms with Crippen LogP contribution in [-0.2, 0) is 13.5 Å². The Morgan fingerprint density at radius 3 is 2.74 bits per heavy atom. The molecule has 23 heavy (non-hydrogen) atoms. The summed E-state index contributed by atoms with van der Waals surface area (Å²) in [5, 5.41) is 16.6. The van der Waals surface area contributed by atoms with Crippen LogP contribution in [0.2, 0.25) is 0 Å². The van der Waals surface area contributed by atoms with Crippen LogP contribution >= 0.6 is 11.3 Å². The number of carbonyl (C=O) groups excluding carboxylic acids is 1. The molecule has 0 aliphatic rings. The first kappa shape index (κ1) is 15.4. The highest BCUT2D eigenvalue weighted by molar-refractivity contribution is 7.15. The second-order valence-electron chi connectivity index (χ2n) is 5.65. The summed E-state index contributed by atoms with van der Waals surface area (Å²) in [4.78, 5) is 12.5. The van der Waals surface area contributed by atoms with Gasteiger partial charge >= 0.3 is 0 Å². The van der Waals surface area contributed by atoms with Gasteiger partial charge in [-0.2, -0.15) is 5.10 Å². The van der Waals surface area contributed by atoms with Crippen LogP contribution in [-0.4, -0.2) is 30.5 Å². The number of hydrogen-bond donors (Lipinski definition) is 1. The van der Waals surface area contributed by atoms with Crippen molar-refractivity contribution in [2.24, 2.45) is 13.0 Å². The Morgan fingerprint density at radius 1 is 1.30 bits per heavy atom. The zero-order valence-electron chi connectivity index (χ0n) is 13.2. The van der Waals surface area contributed by atoms with Crippen molar-refractivity contribution < 1.29 is 4.79 Å². The van der Waals surface area contributed by atoms with Crippen LogP contribution in [0.4, 0.5) is 5.13 Å². The van der Waals surface area contributed by atoms with Gasteiger partial charge in [0.25, 0.3) is 5.91 Å². The molecule has 8 heteroatoms. The molecule has 0 bridgehead atoms. The van der Waals surface area contributed by atoms with E-state index in [-0.39, 0.29) is 5.91 Å². The third kappa shape index (κ3) is 3.31. The number of amides is 1. The molecule has 0 atom stereocenters. The number of aromatic nitrogens is 5. The fourth-order valence-electron chi connectivity index (χ4n) is 2.27. The Kier molecular flexibility index (Phi) is 4.24. The quantitative estimate of drug-likeness (QED) is 0.780. The lowest BCUT2D eigenvalue weighted by molar-refractivity contribution is 0.102. The van der Waals surface area contributed by atoms with Crippen LogP contribution in [0.1, 0.15) is 29.2 Å². The summed E-state index contributed by atoms with van der Waals surface area (Å²) < 4.78 is 3.52. The normalized spacial score (nSPS) is 11.1. The van der Waals surface area contributed by atoms with Crippen LogP contribution in [0.3, 0.4) is 0 Å². The summed E-state index contributed by atoms with van der Waals surface area (Å²) in [6.07, 6.45) is 6.16. The van der Waals surface area contributed by atoms with Gasteiger partial charge in [0.1, 0.15) is 16.4 Å². The van der Waals surface area contributed by atoms with E-state index in [1.54, 1.807) is 17.9 Å². The number of nitrogens with one attached hydrogen (secondary N) is 1. The summed E-state index contributed by atoms with van der Waals surface area (Å²) in [5.74, 6) is 0.971. The van der Waals surface area contributed by atoms with Gasteiger partial charge in [0.2, 0.25) is 5.13 Å². The maximum absolute atomic E-state index is 12.5. The first-order valence-corrected chi connectivity index (χ1v) is 8.15. The number of hydrogen-bond acceptors (Lipinski definition) is 5. The van der Waals surface area contributed by atoms with Crippen molar-refractivity contribution in [3.05, 3.63) is 41.3 Å². The first-order valence-electron chi connectivity index (χ1n) is 7.33. The predicted molar refractivity (Wildman–Crippen MR) is 88.9 cm³/mol. The molecule has 1 N–H and O–H groups in total. The molecule has 3 rings (SSSR count). The Balaban J connectivity index is 1.81. The van der Waals surface area contributed by atoms with E-state index in [1.807, 2.05) is 29.1 Å². The molecule has 0 radical (unpaired) electrons. The highest BCUT2D eigenvalue weighted by Gasteiger charge is 2.19. The van der Waals surface area contributed by atoms with Gasteiger partial charge in [-0.1, -0.05) is 25.2 Å². The molecule has 3 aromatic heterocycles. The van der Waals surface area contributed by atoms with Gasteiger partial charge in [0, 0.05) is 25.9 Å². The molecule has 0 unspecified atom stereocenters. The minimum Gasteiger partial charge on any atom is -0.308 e. The van der Waals surface area contributed by atoms with E-state index in [9.17, 15) is 4.79 Å². The largest absolute Gasteiger partial charge is 0.308 e. The third-order valence-electron chi connectivity index (χ3n) is 3.27. The minimum atomic E-state index is -0.242. The second kappa shape index (κ2) is 6.33. The monoisotopic (exact) mass is 330 g/mol. The average Bonchev–Trinajstić information content (AvgIpc) is 3.19. The number of carbonyl (C=O) groups is 1. The Bertz CT molecular complexity index is 802. The third-order valence-corrected chi connectivity index (χ3v) is 4.13. The van der Waals surface area contributed by atoms with Gasteiger partial charge in [-0.25, -0.2) is 0 Å². The fourth-order valence-corrected chi connectivity index (χ4v) is 3.22. The Morgan fingerprint density at radius 2 is 2.04 bits per heavy atom. The molecule has 0 aromatic carbocycles. The minimum absolute atomic E-state index is 0.242. The summed E-state index contributed by atoms with van der Waals surface area (Å²) in [6, 6.07) is 3.80. The summed E-state index contributed by atoms with van der Waals surface area (Å²) in [5.41, 5.74) is 0.490. The van der Waals surface area contributed by atoms with Crippen LogP contribution in [0, 0.1) is 5.92 Å². The van der Waals surface area contributed by atoms with Gasteiger partial charge in [-0.05, 0) is 18.1 Å². The molecule has 0 spiro atoms. The van der Waals surface area contributed by atoms with E-state index in [4.69, 9.17) is 0 Å². The summed E-state index contributed by atoms with van der Waals surface area (Å²) in [6.45, 7) is 4.25. The molecule has 0 saturated heterocycles. The van der Waals surface area contributed by atoms with Gasteiger partial charge < -0.3 is 4.57 Å². The van der Waals surface area contributed by atoms with Gasteiger partial charge in [0.15, 0.2) is 0 Å². The molecule has 3 aromatic rings. The van der Waals surface area contributed by atoms with Crippen LogP contribution < -0.4 is 5.32 Å². The molecule has 3 heterocycles. The Labute approximate surface area is 138 Å². The lowest BCUT2D eigenvalue weighted by atomic mass is 10.1. The predicted octanol–water partition coefficient (Wildman–Crippen LogP) is 2.51. The molecule has 1 amide bonds. The number of rotatable bonds is 5. The SMILES string of the molecule is CC(C)Cc1nnc(NC(=O)c2cnn(C)c2-n2cccc2)s1. The number of aryl methyl sites for hydroxylation is 1. The maximum Gasteiger partial charge on any atom is 0.262 e. The molecule has 120 valence electrons. The summed E-state index contributed by atoms with van der Waals surface area (Å²) in [7, 11) is 1.80. The smallest absolute Gasteiger partial charge is 0.262 e. The topological polar surface area (TPSA) is 77.6 Å². The summed E-state index contributed by atoms with van der Waals surface area (Å²) >= 11 is 1.41. The van der Waals surface area contributed by atoms with E-state index >= 15 is 0 Å². The average molecular weight is 330 g/mol. The molecular weight excluding hydrogens is 312 g/mol. The van der Waals surface area contributed by atoms with Crippen molar-refractivity contribution in [3.63, 3.8) is 0 Å². The molecule has 7 nitrogen and oxygen atoms in total. The van der Waals surface area contributed by atoms with E-state index in [1.165, 1.54) is 11.3 Å². The van der Waals surface area contributed by atoms with Gasteiger partial charge in [0.05, 0.1) is 6.20 Å². The lowest BCUT2D eigenvalue weighted by Crippen LogP contribution is -2.14. The van der Waals surface area contributed by atoms with Crippen molar-refractivity contribution >= 4 is 22.4 Å². The van der Waals surface area contributed by atoms with Gasteiger partial charge in [-0.3, -0.25) is 14.8 Å². The maximum atomic E-state index is 12.5. The number of anilines is 1. The zero-order chi connectivity index (χ0) is 16.4. The highest BCUT2D eigenvalue weighted by atomic mass is 32.1. The second-order valence-corrected chi connectivity index (χ2v) is 6.71. The van der Waals surface area contributed by atoms with Crippen molar-refractivity contribution in [2.75, 3.05) is 5.32 Å². The van der Waals surface area contributed by atoms with Crippen molar-refractivity contribution in [1.82, 2.24) is 24.5 Å². The first-order chi connectivity index (χ1) is 11.0. The standard InChI is InChI=1S/C15H18N6OS/c1-10(2)8-12-18-19-15(23-12)17-13(22)11-9-16-20(3)14(11)21-6-4-5-7-21/h4-7,9-10H,8H2,1-3H3,(H,17,19,22). The Hall–Kier alpha value is -2.48. The fraction of sp³-hybridized carbons (Fsp3) is 0.333. The van der Waals surface area contributed by atoms with Crippen molar-refractivity contribution in [2.45, 2.75) is 20.3 Å². The molecular formula is C15H18N6OS. The molecule has 0 aliphatic carbocycles. The van der Waals surface area contributed by atoms with E-state index < -0.39 is 0 Å². The van der Waals surface area contributed by atoms with E-state index in [0.717, 1.165) is 11.4 Å². The van der Waals surface area contributed by atoms with Gasteiger partial charge in [-0.15, -0.1) is 10.2 Å². The lowest BCUT2D eigenvalue weighted by Gasteiger charge is -2.06.